The Kier molecular flexibility index (Phi) is 10.4. The van der Waals surface area contributed by atoms with Crippen molar-refractivity contribution >= 4 is 47.2 Å². The van der Waals surface area contributed by atoms with Crippen molar-refractivity contribution in [3.63, 3.8) is 0 Å². The van der Waals surface area contributed by atoms with Gasteiger partial charge in [0.2, 0.25) is 0 Å². The minimum atomic E-state index is 0. The Hall–Kier alpha value is -1.68. The molecule has 6 nitrogen and oxygen atoms in total. The van der Waals surface area contributed by atoms with E-state index in [-0.39, 0.29) is 29.9 Å². The Morgan fingerprint density at radius 3 is 2.43 bits per heavy atom. The van der Waals surface area contributed by atoms with Gasteiger partial charge in [-0.1, -0.05) is 26.0 Å². The van der Waals surface area contributed by atoms with E-state index in [1.165, 1.54) is 0 Å². The number of benzene rings is 1. The van der Waals surface area contributed by atoms with Gasteiger partial charge in [0.25, 0.3) is 5.91 Å². The van der Waals surface area contributed by atoms with Gasteiger partial charge in [0.15, 0.2) is 5.96 Å². The lowest BCUT2D eigenvalue weighted by molar-refractivity contribution is 0.0827. The maximum atomic E-state index is 11.9. The lowest BCUT2D eigenvalue weighted by Crippen LogP contribution is -2.36. The quantitative estimate of drug-likeness (QED) is 0.334. The van der Waals surface area contributed by atoms with Crippen LogP contribution in [0.5, 0.6) is 0 Å². The summed E-state index contributed by atoms with van der Waals surface area (Å²) in [5.74, 6) is 1.20. The third kappa shape index (κ3) is 7.38. The van der Waals surface area contributed by atoms with Gasteiger partial charge in [-0.15, -0.1) is 35.3 Å². The fraction of sp³-hybridized carbons (Fsp3) is 0.450. The van der Waals surface area contributed by atoms with Crippen LogP contribution in [0.2, 0.25) is 0 Å². The number of nitrogens with zero attached hydrogens (tertiary/aromatic N) is 3. The van der Waals surface area contributed by atoms with Gasteiger partial charge in [-0.05, 0) is 30.5 Å². The van der Waals surface area contributed by atoms with Crippen molar-refractivity contribution in [3.8, 4) is 0 Å². The van der Waals surface area contributed by atoms with E-state index in [9.17, 15) is 4.79 Å². The Balaban J connectivity index is 0.00000392. The van der Waals surface area contributed by atoms with Crippen LogP contribution in [0.3, 0.4) is 0 Å². The van der Waals surface area contributed by atoms with Crippen molar-refractivity contribution in [3.05, 3.63) is 51.5 Å². The molecule has 0 fully saturated rings. The summed E-state index contributed by atoms with van der Waals surface area (Å²) in [6.45, 7) is 8.32. The molecule has 28 heavy (non-hydrogen) atoms. The standard InChI is InChI=1S/C20H29N5OS.HI/c1-6-21-20(23-12-18-24-17(13-27-18)14(2)3)22-11-15-7-9-16(10-8-15)19(26)25(4)5;/h7-10,13-14H,6,11-12H2,1-5H3,(H2,21,22,23);1H. The average Bonchev–Trinajstić information content (AvgIpc) is 3.13. The summed E-state index contributed by atoms with van der Waals surface area (Å²) in [5, 5.41) is 9.75. The van der Waals surface area contributed by atoms with E-state index >= 15 is 0 Å². The van der Waals surface area contributed by atoms with Crippen LogP contribution < -0.4 is 10.6 Å². The molecule has 2 N–H and O–H groups in total. The highest BCUT2D eigenvalue weighted by molar-refractivity contribution is 14.0. The largest absolute Gasteiger partial charge is 0.357 e. The number of carbonyl (C=O) groups excluding carboxylic acids is 1. The molecule has 2 rings (SSSR count). The summed E-state index contributed by atoms with van der Waals surface area (Å²) in [6.07, 6.45) is 0. The minimum absolute atomic E-state index is 0. The van der Waals surface area contributed by atoms with Gasteiger partial charge >= 0.3 is 0 Å². The number of aromatic nitrogens is 1. The number of guanidine groups is 1. The second kappa shape index (κ2) is 12.0. The van der Waals surface area contributed by atoms with Crippen molar-refractivity contribution in [1.29, 1.82) is 0 Å². The van der Waals surface area contributed by atoms with Crippen molar-refractivity contribution in [2.75, 3.05) is 20.6 Å². The van der Waals surface area contributed by atoms with E-state index in [2.05, 4.69) is 39.8 Å². The van der Waals surface area contributed by atoms with Crippen molar-refractivity contribution in [2.24, 2.45) is 4.99 Å². The molecule has 0 spiro atoms. The van der Waals surface area contributed by atoms with Gasteiger partial charge in [0.05, 0.1) is 18.8 Å². The molecule has 0 saturated heterocycles. The van der Waals surface area contributed by atoms with Gasteiger partial charge in [-0.25, -0.2) is 9.98 Å². The molecule has 0 radical (unpaired) electrons. The van der Waals surface area contributed by atoms with E-state index in [1.54, 1.807) is 30.3 Å². The lowest BCUT2D eigenvalue weighted by atomic mass is 10.1. The van der Waals surface area contributed by atoms with Gasteiger partial charge in [0, 0.05) is 31.6 Å². The van der Waals surface area contributed by atoms with Gasteiger partial charge in [0.1, 0.15) is 5.01 Å². The molecule has 0 bridgehead atoms. The molecule has 2 aromatic rings. The summed E-state index contributed by atoms with van der Waals surface area (Å²) in [6, 6.07) is 7.58. The first-order chi connectivity index (χ1) is 12.9. The first-order valence-corrected chi connectivity index (χ1v) is 10.1. The van der Waals surface area contributed by atoms with Gasteiger partial charge in [-0.3, -0.25) is 4.79 Å². The topological polar surface area (TPSA) is 69.6 Å². The Morgan fingerprint density at radius 2 is 1.89 bits per heavy atom. The first kappa shape index (κ1) is 24.4. The van der Waals surface area contributed by atoms with Crippen LogP contribution in [-0.2, 0) is 13.1 Å². The monoisotopic (exact) mass is 515 g/mol. The molecule has 154 valence electrons. The number of aliphatic imine (C=N–C) groups is 1. The molecule has 0 aliphatic carbocycles. The van der Waals surface area contributed by atoms with Crippen LogP contribution >= 0.6 is 35.3 Å². The fourth-order valence-corrected chi connectivity index (χ4v) is 3.25. The summed E-state index contributed by atoms with van der Waals surface area (Å²) in [7, 11) is 3.50. The summed E-state index contributed by atoms with van der Waals surface area (Å²) >= 11 is 1.67. The third-order valence-electron chi connectivity index (χ3n) is 3.94. The highest BCUT2D eigenvalue weighted by Gasteiger charge is 2.08. The normalized spacial score (nSPS) is 11.1. The highest BCUT2D eigenvalue weighted by atomic mass is 127. The molecule has 1 aromatic carbocycles. The smallest absolute Gasteiger partial charge is 0.253 e. The van der Waals surface area contributed by atoms with E-state index < -0.39 is 0 Å². The van der Waals surface area contributed by atoms with Crippen LogP contribution in [0.15, 0.2) is 34.6 Å². The van der Waals surface area contributed by atoms with E-state index in [4.69, 9.17) is 0 Å². The average molecular weight is 515 g/mol. The number of hydrogen-bond donors (Lipinski definition) is 2. The zero-order chi connectivity index (χ0) is 19.8. The Labute approximate surface area is 188 Å². The van der Waals surface area contributed by atoms with E-state index in [0.29, 0.717) is 24.6 Å². The molecule has 8 heteroatoms. The molecule has 1 heterocycles. The molecule has 1 aromatic heterocycles. The third-order valence-corrected chi connectivity index (χ3v) is 4.81. The maximum absolute atomic E-state index is 11.9. The van der Waals surface area contributed by atoms with Crippen molar-refractivity contribution in [1.82, 2.24) is 20.5 Å². The van der Waals surface area contributed by atoms with Crippen molar-refractivity contribution in [2.45, 2.75) is 39.8 Å². The maximum Gasteiger partial charge on any atom is 0.253 e. The zero-order valence-corrected chi connectivity index (χ0v) is 20.3. The Bertz CT molecular complexity index is 771. The number of thiazole rings is 1. The van der Waals surface area contributed by atoms with Crippen LogP contribution in [0.25, 0.3) is 0 Å². The molecule has 1 amide bonds. The van der Waals surface area contributed by atoms with Gasteiger partial charge in [-0.2, -0.15) is 0 Å². The SMILES string of the molecule is CCNC(=NCc1ccc(C(=O)N(C)C)cc1)NCc1nc(C(C)C)cs1.I. The fourth-order valence-electron chi connectivity index (χ4n) is 2.35. The molecule has 0 atom stereocenters. The molecule has 0 aliphatic rings. The number of rotatable bonds is 7. The van der Waals surface area contributed by atoms with Crippen LogP contribution in [0, 0.1) is 0 Å². The molecule has 0 saturated carbocycles. The summed E-state index contributed by atoms with van der Waals surface area (Å²) < 4.78 is 0. The predicted octanol–water partition coefficient (Wildman–Crippen LogP) is 3.84. The molecule has 0 unspecified atom stereocenters. The van der Waals surface area contributed by atoms with Gasteiger partial charge < -0.3 is 15.5 Å². The van der Waals surface area contributed by atoms with E-state index in [1.807, 2.05) is 31.2 Å². The number of halogens is 1. The number of carbonyl (C=O) groups is 1. The summed E-state index contributed by atoms with van der Waals surface area (Å²) in [4.78, 5) is 22.8. The number of hydrogen-bond acceptors (Lipinski definition) is 4. The second-order valence-electron chi connectivity index (χ2n) is 6.77. The lowest BCUT2D eigenvalue weighted by Gasteiger charge is -2.11. The second-order valence-corrected chi connectivity index (χ2v) is 7.71. The zero-order valence-electron chi connectivity index (χ0n) is 17.2. The van der Waals surface area contributed by atoms with Crippen molar-refractivity contribution < 1.29 is 4.79 Å². The first-order valence-electron chi connectivity index (χ1n) is 9.17. The number of amides is 1. The van der Waals surface area contributed by atoms with Crippen LogP contribution in [0.4, 0.5) is 0 Å². The molecular formula is C20H30IN5OS. The minimum Gasteiger partial charge on any atom is -0.357 e. The Morgan fingerprint density at radius 1 is 1.21 bits per heavy atom. The molecule has 0 aliphatic heterocycles. The number of nitrogens with one attached hydrogen (secondary N) is 2. The van der Waals surface area contributed by atoms with Crippen LogP contribution in [-0.4, -0.2) is 42.4 Å². The highest BCUT2D eigenvalue weighted by Crippen LogP contribution is 2.17. The summed E-state index contributed by atoms with van der Waals surface area (Å²) in [5.41, 5.74) is 2.87. The predicted molar refractivity (Wildman–Crippen MR) is 128 cm³/mol. The molecular weight excluding hydrogens is 485 g/mol. The van der Waals surface area contributed by atoms with Crippen LogP contribution in [0.1, 0.15) is 53.3 Å². The van der Waals surface area contributed by atoms with E-state index in [0.717, 1.165) is 28.8 Å².